The number of sulfonamides is 1. The Morgan fingerprint density at radius 1 is 1.43 bits per heavy atom. The average molecular weight is 321 g/mol. The molecular weight excluding hydrogens is 306 g/mol. The first-order valence-electron chi connectivity index (χ1n) is 6.21. The van der Waals surface area contributed by atoms with Gasteiger partial charge in [0.25, 0.3) is 10.0 Å². The van der Waals surface area contributed by atoms with Crippen molar-refractivity contribution in [1.82, 2.24) is 9.71 Å². The molecule has 0 saturated carbocycles. The maximum atomic E-state index is 12.1. The van der Waals surface area contributed by atoms with Crippen molar-refractivity contribution in [3.63, 3.8) is 0 Å². The van der Waals surface area contributed by atoms with E-state index >= 15 is 0 Å². The summed E-state index contributed by atoms with van der Waals surface area (Å²) in [7, 11) is -3.52. The van der Waals surface area contributed by atoms with Crippen molar-refractivity contribution in [3.8, 4) is 11.8 Å². The Morgan fingerprint density at radius 2 is 2.24 bits per heavy atom. The van der Waals surface area contributed by atoms with Gasteiger partial charge < -0.3 is 5.73 Å². The summed E-state index contributed by atoms with van der Waals surface area (Å²) in [6.07, 6.45) is 1.37. The second-order valence-electron chi connectivity index (χ2n) is 4.23. The molecule has 110 valence electrons. The van der Waals surface area contributed by atoms with Crippen molar-refractivity contribution in [2.75, 3.05) is 6.54 Å². The van der Waals surface area contributed by atoms with Crippen molar-refractivity contribution in [2.24, 2.45) is 5.73 Å². The average Bonchev–Trinajstić information content (AvgIpc) is 2.91. The van der Waals surface area contributed by atoms with Crippen LogP contribution >= 0.6 is 11.3 Å². The van der Waals surface area contributed by atoms with E-state index in [9.17, 15) is 8.42 Å². The molecule has 0 atom stereocenters. The molecule has 0 amide bonds. The Kier molecular flexibility index (Phi) is 5.09. The van der Waals surface area contributed by atoms with Crippen molar-refractivity contribution < 1.29 is 8.42 Å². The van der Waals surface area contributed by atoms with Gasteiger partial charge >= 0.3 is 0 Å². The zero-order chi connectivity index (χ0) is 15.3. The number of nitrogens with zero attached hydrogens (tertiary/aromatic N) is 1. The molecule has 0 radical (unpaired) electrons. The Morgan fingerprint density at radius 3 is 2.90 bits per heavy atom. The number of benzene rings is 1. The van der Waals surface area contributed by atoms with Crippen molar-refractivity contribution >= 4 is 21.4 Å². The smallest absolute Gasteiger partial charge is 0.251 e. The third-order valence-corrected chi connectivity index (χ3v) is 5.37. The summed E-state index contributed by atoms with van der Waals surface area (Å²) in [4.78, 5) is 3.95. The lowest BCUT2D eigenvalue weighted by Gasteiger charge is -2.05. The van der Waals surface area contributed by atoms with Gasteiger partial charge in [0, 0.05) is 12.1 Å². The molecule has 1 heterocycles. The Labute approximate surface area is 128 Å². The predicted molar refractivity (Wildman–Crippen MR) is 83.3 cm³/mol. The van der Waals surface area contributed by atoms with Crippen LogP contribution in [0.2, 0.25) is 0 Å². The van der Waals surface area contributed by atoms with E-state index in [0.29, 0.717) is 6.54 Å². The van der Waals surface area contributed by atoms with Gasteiger partial charge in [0.05, 0.1) is 17.7 Å². The molecule has 0 aliphatic heterocycles. The van der Waals surface area contributed by atoms with E-state index in [1.54, 1.807) is 6.92 Å². The molecule has 0 aliphatic rings. The van der Waals surface area contributed by atoms with Crippen LogP contribution in [0.3, 0.4) is 0 Å². The predicted octanol–water partition coefficient (Wildman–Crippen LogP) is 1.24. The van der Waals surface area contributed by atoms with Gasteiger partial charge in [-0.25, -0.2) is 18.1 Å². The number of thiazole rings is 1. The molecule has 0 aliphatic carbocycles. The molecule has 5 nitrogen and oxygen atoms in total. The fourth-order valence-electron chi connectivity index (χ4n) is 1.63. The van der Waals surface area contributed by atoms with Crippen LogP contribution in [0.5, 0.6) is 0 Å². The first-order valence-corrected chi connectivity index (χ1v) is 8.51. The monoisotopic (exact) mass is 321 g/mol. The van der Waals surface area contributed by atoms with Gasteiger partial charge in [-0.2, -0.15) is 0 Å². The molecular formula is C14H15N3O2S2. The Hall–Kier alpha value is -1.72. The second-order valence-corrected chi connectivity index (χ2v) is 7.46. The molecule has 3 N–H and O–H groups in total. The minimum atomic E-state index is -3.52. The number of nitrogens with one attached hydrogen (secondary N) is 1. The molecule has 0 bridgehead atoms. The molecule has 7 heteroatoms. The van der Waals surface area contributed by atoms with E-state index < -0.39 is 10.0 Å². The van der Waals surface area contributed by atoms with Crippen LogP contribution in [-0.4, -0.2) is 19.9 Å². The lowest BCUT2D eigenvalue weighted by Crippen LogP contribution is -2.22. The molecule has 2 rings (SSSR count). The van der Waals surface area contributed by atoms with E-state index in [4.69, 9.17) is 5.73 Å². The van der Waals surface area contributed by atoms with Crippen LogP contribution in [0, 0.1) is 18.8 Å². The second kappa shape index (κ2) is 6.83. The highest BCUT2D eigenvalue weighted by atomic mass is 32.2. The van der Waals surface area contributed by atoms with Crippen LogP contribution in [0.25, 0.3) is 0 Å². The van der Waals surface area contributed by atoms with E-state index in [1.807, 2.05) is 24.3 Å². The van der Waals surface area contributed by atoms with Crippen LogP contribution in [0.4, 0.5) is 0 Å². The van der Waals surface area contributed by atoms with Crippen LogP contribution in [0.1, 0.15) is 16.1 Å². The van der Waals surface area contributed by atoms with Gasteiger partial charge in [0.1, 0.15) is 0 Å². The molecule has 1 aromatic heterocycles. The number of rotatable bonds is 4. The van der Waals surface area contributed by atoms with Gasteiger partial charge in [-0.15, -0.1) is 11.3 Å². The normalized spacial score (nSPS) is 11.0. The SMILES string of the molecule is Cc1ncc(S(=O)(=O)NCc2cccc(C#CCN)c2)s1. The first kappa shape index (κ1) is 15.7. The molecule has 2 aromatic rings. The zero-order valence-corrected chi connectivity index (χ0v) is 13.1. The summed E-state index contributed by atoms with van der Waals surface area (Å²) in [5.41, 5.74) is 6.97. The summed E-state index contributed by atoms with van der Waals surface area (Å²) in [6.45, 7) is 2.27. The number of nitrogens with two attached hydrogens (primary N) is 1. The van der Waals surface area contributed by atoms with Crippen LogP contribution in [0.15, 0.2) is 34.7 Å². The number of hydrogen-bond acceptors (Lipinski definition) is 5. The molecule has 21 heavy (non-hydrogen) atoms. The minimum absolute atomic E-state index is 0.206. The fourth-order valence-corrected chi connectivity index (χ4v) is 3.80. The van der Waals surface area contributed by atoms with Crippen molar-refractivity contribution in [1.29, 1.82) is 0 Å². The minimum Gasteiger partial charge on any atom is -0.320 e. The first-order chi connectivity index (χ1) is 10.0. The van der Waals surface area contributed by atoms with Crippen molar-refractivity contribution in [3.05, 3.63) is 46.6 Å². The van der Waals surface area contributed by atoms with E-state index in [1.165, 1.54) is 6.20 Å². The Balaban J connectivity index is 2.09. The number of hydrogen-bond donors (Lipinski definition) is 2. The molecule has 0 spiro atoms. The quantitative estimate of drug-likeness (QED) is 0.830. The third-order valence-electron chi connectivity index (χ3n) is 2.59. The molecule has 1 aromatic carbocycles. The highest BCUT2D eigenvalue weighted by Gasteiger charge is 2.16. The topological polar surface area (TPSA) is 85.1 Å². The van der Waals surface area contributed by atoms with Crippen molar-refractivity contribution in [2.45, 2.75) is 17.7 Å². The molecule has 0 unspecified atom stereocenters. The van der Waals surface area contributed by atoms with Gasteiger partial charge in [-0.1, -0.05) is 24.0 Å². The maximum Gasteiger partial charge on any atom is 0.251 e. The lowest BCUT2D eigenvalue weighted by atomic mass is 10.1. The standard InChI is InChI=1S/C14H15N3O2S2/c1-11-16-10-14(20-11)21(18,19)17-9-13-5-2-4-12(8-13)6-3-7-15/h2,4-5,8,10,17H,7,9,15H2,1H3. The number of aromatic nitrogens is 1. The van der Waals surface area contributed by atoms with Gasteiger partial charge in [0.15, 0.2) is 4.21 Å². The van der Waals surface area contributed by atoms with E-state index in [2.05, 4.69) is 21.5 Å². The summed E-state index contributed by atoms with van der Waals surface area (Å²) in [6, 6.07) is 7.37. The maximum absolute atomic E-state index is 12.1. The highest BCUT2D eigenvalue weighted by molar-refractivity contribution is 7.91. The van der Waals surface area contributed by atoms with Crippen LogP contribution < -0.4 is 10.5 Å². The Bertz CT molecular complexity index is 786. The van der Waals surface area contributed by atoms with E-state index in [0.717, 1.165) is 27.5 Å². The molecule has 0 fully saturated rings. The summed E-state index contributed by atoms with van der Waals surface area (Å²) in [5, 5.41) is 0.717. The van der Waals surface area contributed by atoms with Gasteiger partial charge in [-0.05, 0) is 24.6 Å². The highest BCUT2D eigenvalue weighted by Crippen LogP contribution is 2.17. The largest absolute Gasteiger partial charge is 0.320 e. The van der Waals surface area contributed by atoms with Gasteiger partial charge in [0.2, 0.25) is 0 Å². The van der Waals surface area contributed by atoms with Crippen LogP contribution in [-0.2, 0) is 16.6 Å². The zero-order valence-electron chi connectivity index (χ0n) is 11.5. The lowest BCUT2D eigenvalue weighted by molar-refractivity contribution is 0.583. The molecule has 0 saturated heterocycles. The third kappa shape index (κ3) is 4.37. The fraction of sp³-hybridized carbons (Fsp3) is 0.214. The number of aryl methyl sites for hydroxylation is 1. The summed E-state index contributed by atoms with van der Waals surface area (Å²) >= 11 is 1.15. The summed E-state index contributed by atoms with van der Waals surface area (Å²) < 4.78 is 27.0. The van der Waals surface area contributed by atoms with E-state index in [-0.39, 0.29) is 10.8 Å². The summed E-state index contributed by atoms with van der Waals surface area (Å²) in [5.74, 6) is 5.68. The van der Waals surface area contributed by atoms with Gasteiger partial charge in [-0.3, -0.25) is 0 Å².